The van der Waals surface area contributed by atoms with Gasteiger partial charge in [0.1, 0.15) is 0 Å². The first-order valence-corrected chi connectivity index (χ1v) is 8.10. The number of hydrogen-bond acceptors (Lipinski definition) is 3. The molecule has 1 aromatic heterocycles. The SMILES string of the molecule is Cn1ccnc1Sc1ccc(NC(=O)C2CCCC2)cc1. The lowest BCUT2D eigenvalue weighted by Gasteiger charge is -2.10. The van der Waals surface area contributed by atoms with E-state index in [1.165, 1.54) is 12.8 Å². The number of nitrogens with one attached hydrogen (secondary N) is 1. The van der Waals surface area contributed by atoms with Crippen molar-refractivity contribution in [1.82, 2.24) is 9.55 Å². The number of imidazole rings is 1. The van der Waals surface area contributed by atoms with Crippen molar-refractivity contribution in [2.24, 2.45) is 13.0 Å². The maximum atomic E-state index is 12.1. The van der Waals surface area contributed by atoms with Crippen LogP contribution in [0.5, 0.6) is 0 Å². The number of aromatic nitrogens is 2. The fraction of sp³-hybridized carbons (Fsp3) is 0.375. The molecule has 0 atom stereocenters. The molecule has 0 unspecified atom stereocenters. The van der Waals surface area contributed by atoms with Gasteiger partial charge in [0.05, 0.1) is 0 Å². The molecule has 5 heteroatoms. The smallest absolute Gasteiger partial charge is 0.227 e. The molecule has 1 amide bonds. The van der Waals surface area contributed by atoms with Crippen LogP contribution in [-0.2, 0) is 11.8 Å². The third-order valence-corrected chi connectivity index (χ3v) is 4.92. The van der Waals surface area contributed by atoms with Gasteiger partial charge >= 0.3 is 0 Å². The fourth-order valence-corrected chi connectivity index (χ4v) is 3.40. The van der Waals surface area contributed by atoms with E-state index in [1.807, 2.05) is 42.1 Å². The molecule has 1 saturated carbocycles. The Hall–Kier alpha value is -1.75. The minimum absolute atomic E-state index is 0.164. The molecule has 1 heterocycles. The summed E-state index contributed by atoms with van der Waals surface area (Å²) in [7, 11) is 1.98. The first kappa shape index (κ1) is 14.2. The first-order valence-electron chi connectivity index (χ1n) is 7.28. The van der Waals surface area contributed by atoms with E-state index in [0.29, 0.717) is 0 Å². The summed E-state index contributed by atoms with van der Waals surface area (Å²) in [6.07, 6.45) is 8.13. The Balaban J connectivity index is 1.61. The monoisotopic (exact) mass is 301 g/mol. The lowest BCUT2D eigenvalue weighted by atomic mass is 10.1. The van der Waals surface area contributed by atoms with Gasteiger partial charge in [0, 0.05) is 35.9 Å². The van der Waals surface area contributed by atoms with Crippen LogP contribution < -0.4 is 5.32 Å². The first-order chi connectivity index (χ1) is 10.2. The van der Waals surface area contributed by atoms with E-state index in [2.05, 4.69) is 10.3 Å². The zero-order chi connectivity index (χ0) is 14.7. The van der Waals surface area contributed by atoms with E-state index in [0.717, 1.165) is 28.6 Å². The largest absolute Gasteiger partial charge is 0.329 e. The maximum Gasteiger partial charge on any atom is 0.227 e. The van der Waals surface area contributed by atoms with E-state index < -0.39 is 0 Å². The molecule has 110 valence electrons. The molecule has 3 rings (SSSR count). The highest BCUT2D eigenvalue weighted by atomic mass is 32.2. The van der Waals surface area contributed by atoms with Gasteiger partial charge in [0.2, 0.25) is 5.91 Å². The number of carbonyl (C=O) groups is 1. The second-order valence-electron chi connectivity index (χ2n) is 5.42. The zero-order valence-corrected chi connectivity index (χ0v) is 12.9. The van der Waals surface area contributed by atoms with Crippen molar-refractivity contribution in [3.05, 3.63) is 36.7 Å². The summed E-state index contributed by atoms with van der Waals surface area (Å²) in [5.41, 5.74) is 0.871. The maximum absolute atomic E-state index is 12.1. The fourth-order valence-electron chi connectivity index (χ4n) is 2.59. The number of amides is 1. The average molecular weight is 301 g/mol. The summed E-state index contributed by atoms with van der Waals surface area (Å²) in [4.78, 5) is 17.5. The van der Waals surface area contributed by atoms with Gasteiger partial charge in [-0.2, -0.15) is 0 Å². The molecular formula is C16H19N3OS. The Morgan fingerprint density at radius 2 is 2.00 bits per heavy atom. The number of hydrogen-bond donors (Lipinski definition) is 1. The summed E-state index contributed by atoms with van der Waals surface area (Å²) in [5, 5.41) is 3.97. The van der Waals surface area contributed by atoms with Crippen LogP contribution in [0.15, 0.2) is 46.7 Å². The Morgan fingerprint density at radius 3 is 2.62 bits per heavy atom. The average Bonchev–Trinajstić information content (AvgIpc) is 3.14. The molecule has 0 spiro atoms. The van der Waals surface area contributed by atoms with Gasteiger partial charge in [0.15, 0.2) is 5.16 Å². The topological polar surface area (TPSA) is 46.9 Å². The summed E-state index contributed by atoms with van der Waals surface area (Å²) in [6.45, 7) is 0. The normalized spacial score (nSPS) is 15.3. The number of anilines is 1. The molecule has 0 radical (unpaired) electrons. The molecular weight excluding hydrogens is 282 g/mol. The van der Waals surface area contributed by atoms with Gasteiger partial charge in [-0.1, -0.05) is 24.6 Å². The summed E-state index contributed by atoms with van der Waals surface area (Å²) in [6, 6.07) is 7.95. The summed E-state index contributed by atoms with van der Waals surface area (Å²) < 4.78 is 1.99. The Kier molecular flexibility index (Phi) is 4.29. The Morgan fingerprint density at radius 1 is 1.29 bits per heavy atom. The summed E-state index contributed by atoms with van der Waals surface area (Å²) >= 11 is 1.61. The van der Waals surface area contributed by atoms with E-state index >= 15 is 0 Å². The van der Waals surface area contributed by atoms with Gasteiger partial charge < -0.3 is 9.88 Å². The highest BCUT2D eigenvalue weighted by Gasteiger charge is 2.22. The van der Waals surface area contributed by atoms with Gasteiger partial charge in [-0.25, -0.2) is 4.98 Å². The van der Waals surface area contributed by atoms with Crippen molar-refractivity contribution in [3.8, 4) is 0 Å². The van der Waals surface area contributed by atoms with Crippen LogP contribution in [0.2, 0.25) is 0 Å². The van der Waals surface area contributed by atoms with Crippen LogP contribution in [0, 0.1) is 5.92 Å². The van der Waals surface area contributed by atoms with Crippen molar-refractivity contribution >= 4 is 23.4 Å². The van der Waals surface area contributed by atoms with Crippen molar-refractivity contribution in [2.45, 2.75) is 35.7 Å². The molecule has 2 aromatic rings. The number of aryl methyl sites for hydroxylation is 1. The van der Waals surface area contributed by atoms with E-state index in [1.54, 1.807) is 18.0 Å². The van der Waals surface area contributed by atoms with E-state index in [9.17, 15) is 4.79 Å². The molecule has 0 aliphatic heterocycles. The molecule has 4 nitrogen and oxygen atoms in total. The van der Waals surface area contributed by atoms with Crippen LogP contribution in [0.25, 0.3) is 0 Å². The second-order valence-corrected chi connectivity index (χ2v) is 6.46. The van der Waals surface area contributed by atoms with Gasteiger partial charge in [-0.05, 0) is 37.1 Å². The molecule has 1 aliphatic rings. The van der Waals surface area contributed by atoms with Crippen molar-refractivity contribution < 1.29 is 4.79 Å². The Bertz CT molecular complexity index is 615. The van der Waals surface area contributed by atoms with Crippen molar-refractivity contribution in [2.75, 3.05) is 5.32 Å². The van der Waals surface area contributed by atoms with Crippen LogP contribution in [0.3, 0.4) is 0 Å². The molecule has 1 N–H and O–H groups in total. The number of carbonyl (C=O) groups excluding carboxylic acids is 1. The standard InChI is InChI=1S/C16H19N3OS/c1-19-11-10-17-16(19)21-14-8-6-13(7-9-14)18-15(20)12-4-2-3-5-12/h6-12H,2-5H2,1H3,(H,18,20). The number of nitrogens with zero attached hydrogens (tertiary/aromatic N) is 2. The third-order valence-electron chi connectivity index (χ3n) is 3.83. The molecule has 0 bridgehead atoms. The minimum Gasteiger partial charge on any atom is -0.329 e. The molecule has 0 saturated heterocycles. The van der Waals surface area contributed by atoms with Gasteiger partial charge in [-0.15, -0.1) is 0 Å². The molecule has 1 fully saturated rings. The lowest BCUT2D eigenvalue weighted by Crippen LogP contribution is -2.20. The zero-order valence-electron chi connectivity index (χ0n) is 12.1. The quantitative estimate of drug-likeness (QED) is 0.936. The predicted molar refractivity (Wildman–Crippen MR) is 84.4 cm³/mol. The Labute approximate surface area is 129 Å². The van der Waals surface area contributed by atoms with Crippen LogP contribution in [-0.4, -0.2) is 15.5 Å². The van der Waals surface area contributed by atoms with Gasteiger partial charge in [-0.3, -0.25) is 4.79 Å². The van der Waals surface area contributed by atoms with Crippen molar-refractivity contribution in [3.63, 3.8) is 0 Å². The molecule has 1 aliphatic carbocycles. The minimum atomic E-state index is 0.164. The van der Waals surface area contributed by atoms with Crippen LogP contribution >= 0.6 is 11.8 Å². The van der Waals surface area contributed by atoms with Crippen LogP contribution in [0.1, 0.15) is 25.7 Å². The van der Waals surface area contributed by atoms with E-state index in [4.69, 9.17) is 0 Å². The molecule has 1 aromatic carbocycles. The van der Waals surface area contributed by atoms with Gasteiger partial charge in [0.25, 0.3) is 0 Å². The summed E-state index contributed by atoms with van der Waals surface area (Å²) in [5.74, 6) is 0.364. The van der Waals surface area contributed by atoms with Crippen molar-refractivity contribution in [1.29, 1.82) is 0 Å². The lowest BCUT2D eigenvalue weighted by molar-refractivity contribution is -0.119. The predicted octanol–water partition coefficient (Wildman–Crippen LogP) is 3.70. The van der Waals surface area contributed by atoms with E-state index in [-0.39, 0.29) is 11.8 Å². The second kappa shape index (κ2) is 6.35. The third kappa shape index (κ3) is 3.47. The number of rotatable bonds is 4. The molecule has 21 heavy (non-hydrogen) atoms. The highest BCUT2D eigenvalue weighted by Crippen LogP contribution is 2.28. The highest BCUT2D eigenvalue weighted by molar-refractivity contribution is 7.99. The number of benzene rings is 1. The van der Waals surface area contributed by atoms with Crippen LogP contribution in [0.4, 0.5) is 5.69 Å².